The molecular weight excluding hydrogens is 546 g/mol. The lowest BCUT2D eigenvalue weighted by atomic mass is 9.73. The summed E-state index contributed by atoms with van der Waals surface area (Å²) in [5.41, 5.74) is -2.20. The summed E-state index contributed by atoms with van der Waals surface area (Å²) in [6.07, 6.45) is -3.61. The van der Waals surface area contributed by atoms with Gasteiger partial charge in [0.25, 0.3) is 0 Å². The zero-order chi connectivity index (χ0) is 30.1. The van der Waals surface area contributed by atoms with Crippen LogP contribution in [0.3, 0.4) is 0 Å². The van der Waals surface area contributed by atoms with E-state index in [9.17, 15) is 24.0 Å². The number of rotatable bonds is 10. The molecule has 1 saturated heterocycles. The van der Waals surface area contributed by atoms with Gasteiger partial charge in [-0.2, -0.15) is 9.97 Å². The normalized spacial score (nSPS) is 21.9. The molecule has 2 aromatic heterocycles. The van der Waals surface area contributed by atoms with Gasteiger partial charge in [-0.15, -0.1) is 0 Å². The Balaban J connectivity index is 2.06. The molecule has 4 rings (SSSR count). The number of nitrogens with zero attached hydrogens (tertiary/aromatic N) is 4. The maximum Gasteiger partial charge on any atom is 0.332 e. The lowest BCUT2D eigenvalue weighted by molar-refractivity contribution is -0.174. The number of imidazole rings is 1. The standard InChI is InChI=1S/C25H31N5O11/c1-7-36-19-16-18(28-24(29-19)26-11(4)31)30-20-15(17(40-13(6)33)14(41-20)10-39-12(5)32)25(21(30)27-16,22(34)37-8-2)23(35)38-9-3/h14-15,17,20H,7-10H2,1-6H3,(H,26,28,29,31)/t14-,15+,17-,20-/m1/s1. The van der Waals surface area contributed by atoms with Crippen molar-refractivity contribution in [2.75, 3.05) is 31.7 Å². The molecule has 1 N–H and O–H groups in total. The highest BCUT2D eigenvalue weighted by Gasteiger charge is 2.73. The zero-order valence-corrected chi connectivity index (χ0v) is 23.4. The van der Waals surface area contributed by atoms with Crippen LogP contribution in [-0.4, -0.2) is 87.9 Å². The van der Waals surface area contributed by atoms with E-state index in [1.54, 1.807) is 20.8 Å². The van der Waals surface area contributed by atoms with Crippen LogP contribution in [0.2, 0.25) is 0 Å². The molecule has 0 unspecified atom stereocenters. The molecule has 222 valence electrons. The summed E-state index contributed by atoms with van der Waals surface area (Å²) >= 11 is 0. The van der Waals surface area contributed by atoms with Crippen LogP contribution >= 0.6 is 0 Å². The Hall–Kier alpha value is -4.34. The number of carbonyl (C=O) groups is 5. The number of amides is 1. The number of anilines is 1. The van der Waals surface area contributed by atoms with Crippen LogP contribution in [0.25, 0.3) is 11.2 Å². The first-order chi connectivity index (χ1) is 19.5. The number of aromatic nitrogens is 4. The second-order valence-corrected chi connectivity index (χ2v) is 9.16. The molecule has 2 aliphatic rings. The zero-order valence-electron chi connectivity index (χ0n) is 23.4. The third-order valence-corrected chi connectivity index (χ3v) is 6.47. The third kappa shape index (κ3) is 5.03. The van der Waals surface area contributed by atoms with Crippen LogP contribution in [0, 0.1) is 5.92 Å². The molecule has 0 bridgehead atoms. The lowest BCUT2D eigenvalue weighted by Gasteiger charge is -2.32. The summed E-state index contributed by atoms with van der Waals surface area (Å²) in [6, 6.07) is 0. The highest BCUT2D eigenvalue weighted by atomic mass is 16.6. The Labute approximate surface area is 234 Å². The molecule has 1 amide bonds. The van der Waals surface area contributed by atoms with E-state index in [2.05, 4.69) is 20.3 Å². The Morgan fingerprint density at radius 2 is 1.56 bits per heavy atom. The van der Waals surface area contributed by atoms with Crippen LogP contribution in [-0.2, 0) is 53.1 Å². The first-order valence-electron chi connectivity index (χ1n) is 13.0. The van der Waals surface area contributed by atoms with Crippen molar-refractivity contribution in [3.63, 3.8) is 0 Å². The number of fused-ring (bicyclic) bond motifs is 5. The summed E-state index contributed by atoms with van der Waals surface area (Å²) in [5, 5.41) is 2.49. The van der Waals surface area contributed by atoms with Crippen molar-refractivity contribution < 1.29 is 52.4 Å². The monoisotopic (exact) mass is 577 g/mol. The molecule has 41 heavy (non-hydrogen) atoms. The van der Waals surface area contributed by atoms with Gasteiger partial charge in [-0.1, -0.05) is 0 Å². The Bertz CT molecular complexity index is 1370. The van der Waals surface area contributed by atoms with Gasteiger partial charge in [0.15, 0.2) is 11.2 Å². The van der Waals surface area contributed by atoms with Gasteiger partial charge in [0.1, 0.15) is 30.9 Å². The predicted octanol–water partition coefficient (Wildman–Crippen LogP) is 0.569. The molecule has 16 heteroatoms. The highest BCUT2D eigenvalue weighted by Crippen LogP contribution is 2.57. The van der Waals surface area contributed by atoms with Gasteiger partial charge in [0, 0.05) is 20.8 Å². The number of carbonyl (C=O) groups excluding carboxylic acids is 5. The number of nitrogens with one attached hydrogen (secondary N) is 1. The Morgan fingerprint density at radius 1 is 0.902 bits per heavy atom. The maximum atomic E-state index is 13.9. The van der Waals surface area contributed by atoms with Crippen molar-refractivity contribution in [3.05, 3.63) is 5.82 Å². The lowest BCUT2D eigenvalue weighted by Crippen LogP contribution is -2.55. The minimum absolute atomic E-state index is 0.0349. The quantitative estimate of drug-likeness (QED) is 0.234. The van der Waals surface area contributed by atoms with Crippen molar-refractivity contribution in [1.82, 2.24) is 19.5 Å². The van der Waals surface area contributed by atoms with Gasteiger partial charge in [0.2, 0.25) is 23.2 Å². The van der Waals surface area contributed by atoms with Crippen LogP contribution < -0.4 is 10.1 Å². The minimum atomic E-state index is -2.31. The fraction of sp³-hybridized carbons (Fsp3) is 0.600. The van der Waals surface area contributed by atoms with Crippen LogP contribution in [0.5, 0.6) is 5.88 Å². The molecule has 0 saturated carbocycles. The summed E-state index contributed by atoms with van der Waals surface area (Å²) in [6.45, 7) is 8.01. The largest absolute Gasteiger partial charge is 0.476 e. The van der Waals surface area contributed by atoms with E-state index in [0.29, 0.717) is 0 Å². The van der Waals surface area contributed by atoms with Crippen LogP contribution in [0.15, 0.2) is 0 Å². The van der Waals surface area contributed by atoms with E-state index in [4.69, 9.17) is 28.4 Å². The van der Waals surface area contributed by atoms with Crippen molar-refractivity contribution in [3.8, 4) is 5.88 Å². The molecule has 4 atom stereocenters. The van der Waals surface area contributed by atoms with Crippen molar-refractivity contribution >= 4 is 46.9 Å². The van der Waals surface area contributed by atoms with Crippen LogP contribution in [0.1, 0.15) is 53.6 Å². The van der Waals surface area contributed by atoms with E-state index in [1.165, 1.54) is 18.4 Å². The van der Waals surface area contributed by atoms with E-state index in [0.717, 1.165) is 6.92 Å². The molecule has 0 aliphatic carbocycles. The summed E-state index contributed by atoms with van der Waals surface area (Å²) in [4.78, 5) is 76.7. The smallest absolute Gasteiger partial charge is 0.332 e. The molecule has 0 spiro atoms. The van der Waals surface area contributed by atoms with E-state index < -0.39 is 59.6 Å². The fourth-order valence-electron chi connectivity index (χ4n) is 5.19. The average molecular weight is 578 g/mol. The van der Waals surface area contributed by atoms with E-state index in [1.807, 2.05) is 0 Å². The topological polar surface area (TPSA) is 196 Å². The van der Waals surface area contributed by atoms with E-state index >= 15 is 0 Å². The van der Waals surface area contributed by atoms with Gasteiger partial charge in [-0.05, 0) is 20.8 Å². The molecule has 1 fully saturated rings. The highest BCUT2D eigenvalue weighted by molar-refractivity contribution is 6.08. The van der Waals surface area contributed by atoms with Gasteiger partial charge in [-0.3, -0.25) is 33.9 Å². The van der Waals surface area contributed by atoms with Crippen molar-refractivity contribution in [2.24, 2.45) is 5.92 Å². The second kappa shape index (κ2) is 11.6. The number of hydrogen-bond donors (Lipinski definition) is 1. The molecule has 2 aromatic rings. The minimum Gasteiger partial charge on any atom is -0.476 e. The van der Waals surface area contributed by atoms with Crippen molar-refractivity contribution in [2.45, 2.75) is 65.4 Å². The molecule has 2 aliphatic heterocycles. The van der Waals surface area contributed by atoms with Gasteiger partial charge in [0.05, 0.1) is 25.7 Å². The summed E-state index contributed by atoms with van der Waals surface area (Å²) < 4.78 is 34.8. The van der Waals surface area contributed by atoms with E-state index in [-0.39, 0.29) is 55.2 Å². The molecule has 16 nitrogen and oxygen atoms in total. The molecule has 4 heterocycles. The predicted molar refractivity (Wildman–Crippen MR) is 135 cm³/mol. The average Bonchev–Trinajstić information content (AvgIpc) is 3.50. The summed E-state index contributed by atoms with van der Waals surface area (Å²) in [7, 11) is 0. The number of esters is 4. The fourth-order valence-corrected chi connectivity index (χ4v) is 5.19. The SMILES string of the molecule is CCOC(=O)C1(C(=O)OCC)c2nc3c(OCC)nc(NC(C)=O)nc3n2[C@@H]2O[C@H](COC(C)=O)[C@@H](OC(C)=O)[C@@H]21. The second-order valence-electron chi connectivity index (χ2n) is 9.16. The molecule has 0 aromatic carbocycles. The third-order valence-electron chi connectivity index (χ3n) is 6.47. The number of hydrogen-bond acceptors (Lipinski definition) is 14. The van der Waals surface area contributed by atoms with Gasteiger partial charge in [-0.25, -0.2) is 4.98 Å². The van der Waals surface area contributed by atoms with Crippen molar-refractivity contribution in [1.29, 1.82) is 0 Å². The maximum absolute atomic E-state index is 13.9. The Morgan fingerprint density at radius 3 is 2.10 bits per heavy atom. The van der Waals surface area contributed by atoms with Crippen LogP contribution in [0.4, 0.5) is 5.95 Å². The molecule has 0 radical (unpaired) electrons. The number of ether oxygens (including phenoxy) is 6. The summed E-state index contributed by atoms with van der Waals surface area (Å²) in [5.74, 6) is -5.49. The Kier molecular flexibility index (Phi) is 8.42. The molecular formula is C25H31N5O11. The first-order valence-corrected chi connectivity index (χ1v) is 13.0. The first kappa shape index (κ1) is 29.6. The van der Waals surface area contributed by atoms with Gasteiger partial charge < -0.3 is 28.4 Å². The van der Waals surface area contributed by atoms with Gasteiger partial charge >= 0.3 is 23.9 Å².